The third kappa shape index (κ3) is 3.05. The van der Waals surface area contributed by atoms with Gasteiger partial charge in [0, 0.05) is 6.04 Å². The Balaban J connectivity index is 0.000001000. The molecule has 5 heteroatoms. The summed E-state index contributed by atoms with van der Waals surface area (Å²) in [6, 6.07) is -0.102. The lowest BCUT2D eigenvalue weighted by molar-refractivity contribution is -0.146. The number of carbonyl (C=O) groups is 1. The van der Waals surface area contributed by atoms with Crippen molar-refractivity contribution in [3.63, 3.8) is 0 Å². The van der Waals surface area contributed by atoms with E-state index in [0.29, 0.717) is 19.6 Å². The zero-order valence-corrected chi connectivity index (χ0v) is 6.84. The molecule has 3 N–H and O–H groups in total. The van der Waals surface area contributed by atoms with Crippen LogP contribution < -0.4 is 5.73 Å². The molecule has 0 aliphatic carbocycles. The molecule has 1 fully saturated rings. The van der Waals surface area contributed by atoms with Gasteiger partial charge in [0.2, 0.25) is 0 Å². The Hall–Kier alpha value is -0.320. The van der Waals surface area contributed by atoms with Crippen LogP contribution in [0, 0.1) is 5.92 Å². The van der Waals surface area contributed by atoms with Crippen LogP contribution in [-0.4, -0.2) is 30.3 Å². The molecule has 4 nitrogen and oxygen atoms in total. The summed E-state index contributed by atoms with van der Waals surface area (Å²) in [6.45, 7) is 0.798. The molecule has 0 saturated carbocycles. The first-order valence-electron chi connectivity index (χ1n) is 3.26. The Morgan fingerprint density at radius 3 is 2.55 bits per heavy atom. The van der Waals surface area contributed by atoms with E-state index in [9.17, 15) is 4.79 Å². The van der Waals surface area contributed by atoms with E-state index >= 15 is 0 Å². The standard InChI is InChI=1S/C6H11NO3.ClH/c7-5-1-4(6(8)9)2-10-3-5;/h4-5H,1-3,7H2,(H,8,9);1H/t4-,5+;/m1./s1. The van der Waals surface area contributed by atoms with Gasteiger partial charge in [-0.3, -0.25) is 4.79 Å². The summed E-state index contributed by atoms with van der Waals surface area (Å²) in [6.07, 6.45) is 0.537. The molecular weight excluding hydrogens is 170 g/mol. The summed E-state index contributed by atoms with van der Waals surface area (Å²) >= 11 is 0. The van der Waals surface area contributed by atoms with Crippen molar-refractivity contribution < 1.29 is 14.6 Å². The van der Waals surface area contributed by atoms with Crippen molar-refractivity contribution in [3.05, 3.63) is 0 Å². The van der Waals surface area contributed by atoms with Crippen molar-refractivity contribution >= 4 is 18.4 Å². The van der Waals surface area contributed by atoms with Crippen molar-refractivity contribution in [1.82, 2.24) is 0 Å². The minimum Gasteiger partial charge on any atom is -0.481 e. The molecule has 0 spiro atoms. The monoisotopic (exact) mass is 181 g/mol. The molecule has 0 unspecified atom stereocenters. The highest BCUT2D eigenvalue weighted by Crippen LogP contribution is 2.12. The van der Waals surface area contributed by atoms with E-state index in [1.165, 1.54) is 0 Å². The van der Waals surface area contributed by atoms with Gasteiger partial charge in [0.25, 0.3) is 0 Å². The predicted octanol–water partition coefficient (Wildman–Crippen LogP) is -0.143. The summed E-state index contributed by atoms with van der Waals surface area (Å²) < 4.78 is 4.95. The van der Waals surface area contributed by atoms with Crippen molar-refractivity contribution in [2.24, 2.45) is 11.7 Å². The molecule has 1 saturated heterocycles. The number of ether oxygens (including phenoxy) is 1. The maximum Gasteiger partial charge on any atom is 0.308 e. The van der Waals surface area contributed by atoms with Crippen LogP contribution in [0.1, 0.15) is 6.42 Å². The SMILES string of the molecule is Cl.N[C@@H]1COC[C@H](C(=O)O)C1. The minimum absolute atomic E-state index is 0. The fraction of sp³-hybridized carbons (Fsp3) is 0.833. The van der Waals surface area contributed by atoms with Gasteiger partial charge in [-0.2, -0.15) is 0 Å². The van der Waals surface area contributed by atoms with Gasteiger partial charge >= 0.3 is 5.97 Å². The van der Waals surface area contributed by atoms with Gasteiger partial charge < -0.3 is 15.6 Å². The molecule has 0 aromatic carbocycles. The van der Waals surface area contributed by atoms with Crippen LogP contribution in [0.2, 0.25) is 0 Å². The van der Waals surface area contributed by atoms with E-state index in [0.717, 1.165) is 0 Å². The van der Waals surface area contributed by atoms with Crippen LogP contribution in [0.15, 0.2) is 0 Å². The van der Waals surface area contributed by atoms with E-state index in [4.69, 9.17) is 15.6 Å². The number of hydrogen-bond donors (Lipinski definition) is 2. The number of halogens is 1. The van der Waals surface area contributed by atoms with E-state index in [-0.39, 0.29) is 18.4 Å². The first kappa shape index (κ1) is 10.7. The summed E-state index contributed by atoms with van der Waals surface area (Å²) in [4.78, 5) is 10.4. The van der Waals surface area contributed by atoms with E-state index < -0.39 is 11.9 Å². The largest absolute Gasteiger partial charge is 0.481 e. The highest BCUT2D eigenvalue weighted by Gasteiger charge is 2.25. The highest BCUT2D eigenvalue weighted by atomic mass is 35.5. The number of carboxylic acid groups (broad SMARTS) is 1. The molecule has 1 aliphatic heterocycles. The van der Waals surface area contributed by atoms with Crippen molar-refractivity contribution in [2.75, 3.05) is 13.2 Å². The van der Waals surface area contributed by atoms with Crippen LogP contribution >= 0.6 is 12.4 Å². The molecule has 0 radical (unpaired) electrons. The number of carboxylic acids is 1. The first-order valence-corrected chi connectivity index (χ1v) is 3.26. The summed E-state index contributed by atoms with van der Waals surface area (Å²) in [5.41, 5.74) is 5.47. The topological polar surface area (TPSA) is 72.5 Å². The van der Waals surface area contributed by atoms with Crippen molar-refractivity contribution in [2.45, 2.75) is 12.5 Å². The van der Waals surface area contributed by atoms with Gasteiger partial charge in [0.1, 0.15) is 0 Å². The van der Waals surface area contributed by atoms with Crippen LogP contribution in [0.4, 0.5) is 0 Å². The van der Waals surface area contributed by atoms with Gasteiger partial charge in [0.15, 0.2) is 0 Å². The second-order valence-electron chi connectivity index (χ2n) is 2.57. The first-order chi connectivity index (χ1) is 4.70. The second-order valence-corrected chi connectivity index (χ2v) is 2.57. The molecule has 0 amide bonds. The number of nitrogens with two attached hydrogens (primary N) is 1. The van der Waals surface area contributed by atoms with Gasteiger partial charge in [-0.15, -0.1) is 12.4 Å². The zero-order valence-electron chi connectivity index (χ0n) is 6.03. The maximum atomic E-state index is 10.4. The Morgan fingerprint density at radius 1 is 1.55 bits per heavy atom. The average Bonchev–Trinajstić information content (AvgIpc) is 1.88. The summed E-state index contributed by atoms with van der Waals surface area (Å²) in [7, 11) is 0. The van der Waals surface area contributed by atoms with Gasteiger partial charge in [-0.25, -0.2) is 0 Å². The van der Waals surface area contributed by atoms with Crippen LogP contribution in [0.3, 0.4) is 0 Å². The summed E-state index contributed by atoms with van der Waals surface area (Å²) in [5, 5.41) is 8.52. The molecule has 0 aromatic heterocycles. The molecule has 0 bridgehead atoms. The minimum atomic E-state index is -0.810. The average molecular weight is 182 g/mol. The second kappa shape index (κ2) is 4.54. The molecule has 1 aliphatic rings. The number of aliphatic carboxylic acids is 1. The predicted molar refractivity (Wildman–Crippen MR) is 41.8 cm³/mol. The Morgan fingerprint density at radius 2 is 2.18 bits per heavy atom. The number of rotatable bonds is 1. The zero-order chi connectivity index (χ0) is 7.56. The lowest BCUT2D eigenvalue weighted by Crippen LogP contribution is -2.38. The van der Waals surface area contributed by atoms with Crippen LogP contribution in [0.5, 0.6) is 0 Å². The lowest BCUT2D eigenvalue weighted by atomic mass is 10.00. The van der Waals surface area contributed by atoms with Gasteiger partial charge in [0.05, 0.1) is 19.1 Å². The Labute approximate surface area is 71.1 Å². The third-order valence-corrected chi connectivity index (χ3v) is 1.59. The van der Waals surface area contributed by atoms with Crippen molar-refractivity contribution in [3.8, 4) is 0 Å². The molecule has 11 heavy (non-hydrogen) atoms. The molecular formula is C6H12ClNO3. The lowest BCUT2D eigenvalue weighted by Gasteiger charge is -2.23. The van der Waals surface area contributed by atoms with Gasteiger partial charge in [-0.05, 0) is 6.42 Å². The molecule has 1 heterocycles. The molecule has 2 atom stereocenters. The quantitative estimate of drug-likeness (QED) is 0.591. The Kier molecular flexibility index (Phi) is 4.40. The molecule has 1 rings (SSSR count). The van der Waals surface area contributed by atoms with Crippen LogP contribution in [-0.2, 0) is 9.53 Å². The third-order valence-electron chi connectivity index (χ3n) is 1.59. The van der Waals surface area contributed by atoms with Gasteiger partial charge in [-0.1, -0.05) is 0 Å². The smallest absolute Gasteiger partial charge is 0.308 e. The highest BCUT2D eigenvalue weighted by molar-refractivity contribution is 5.85. The molecule has 0 aromatic rings. The summed E-state index contributed by atoms with van der Waals surface area (Å²) in [5.74, 6) is -1.21. The van der Waals surface area contributed by atoms with E-state index in [1.54, 1.807) is 0 Å². The van der Waals surface area contributed by atoms with Crippen molar-refractivity contribution in [1.29, 1.82) is 0 Å². The van der Waals surface area contributed by atoms with E-state index in [1.807, 2.05) is 0 Å². The normalized spacial score (nSPS) is 30.6. The van der Waals surface area contributed by atoms with E-state index in [2.05, 4.69) is 0 Å². The Bertz CT molecular complexity index is 142. The van der Waals surface area contributed by atoms with Crippen LogP contribution in [0.25, 0.3) is 0 Å². The number of hydrogen-bond acceptors (Lipinski definition) is 3. The maximum absolute atomic E-state index is 10.4. The fourth-order valence-electron chi connectivity index (χ4n) is 1.04. The molecule has 66 valence electrons. The fourth-order valence-corrected chi connectivity index (χ4v) is 1.04.